The van der Waals surface area contributed by atoms with Crippen LogP contribution in [-0.4, -0.2) is 10.9 Å². The number of hydrogen-bond donors (Lipinski definition) is 2. The van der Waals surface area contributed by atoms with Crippen LogP contribution in [0.5, 0.6) is 0 Å². The minimum Gasteiger partial charge on any atom is -0.361 e. The maximum atomic E-state index is 13.1. The van der Waals surface area contributed by atoms with Crippen LogP contribution in [0.25, 0.3) is 10.9 Å². The summed E-state index contributed by atoms with van der Waals surface area (Å²) in [6, 6.07) is 23.0. The summed E-state index contributed by atoms with van der Waals surface area (Å²) >= 11 is 0. The van der Waals surface area contributed by atoms with Crippen molar-refractivity contribution >= 4 is 16.8 Å². The average Bonchev–Trinajstić information content (AvgIpc) is 3.20. The van der Waals surface area contributed by atoms with Gasteiger partial charge in [-0.1, -0.05) is 75.4 Å². The molecule has 1 aromatic heterocycles. The monoisotopic (exact) mass is 428 g/mol. The molecule has 164 valence electrons. The van der Waals surface area contributed by atoms with Gasteiger partial charge in [0.25, 0.3) is 0 Å². The number of rotatable bonds is 6. The van der Waals surface area contributed by atoms with Crippen LogP contribution in [-0.2, 0) is 16.8 Å². The van der Waals surface area contributed by atoms with E-state index in [0.717, 1.165) is 27.6 Å². The van der Waals surface area contributed by atoms with Gasteiger partial charge in [-0.3, -0.25) is 4.79 Å². The molecule has 0 aliphatic carbocycles. The number of halogens is 1. The van der Waals surface area contributed by atoms with Gasteiger partial charge in [0.15, 0.2) is 0 Å². The standard InChI is InChI=1S/C28H29FN2O/c1-28(2,3)21-12-10-20(11-13-21)24(25-18-30-26-7-5-4-6-23(25)26)16-27(32)31-17-19-8-14-22(29)15-9-19/h4-15,18,24,30H,16-17H2,1-3H3,(H,31,32)/t24-/m1/s1. The fourth-order valence-electron chi connectivity index (χ4n) is 4.07. The Bertz CT molecular complexity index is 1200. The Labute approximate surface area is 188 Å². The predicted octanol–water partition coefficient (Wildman–Crippen LogP) is 6.44. The largest absolute Gasteiger partial charge is 0.361 e. The first-order valence-electron chi connectivity index (χ1n) is 11.0. The second-order valence-corrected chi connectivity index (χ2v) is 9.32. The Kier molecular flexibility index (Phi) is 6.13. The lowest BCUT2D eigenvalue weighted by atomic mass is 9.83. The zero-order valence-corrected chi connectivity index (χ0v) is 18.8. The molecule has 3 aromatic carbocycles. The van der Waals surface area contributed by atoms with Crippen LogP contribution in [0.1, 0.15) is 55.4 Å². The highest BCUT2D eigenvalue weighted by atomic mass is 19.1. The molecule has 4 rings (SSSR count). The molecule has 0 spiro atoms. The lowest BCUT2D eigenvalue weighted by Crippen LogP contribution is -2.25. The number of aromatic nitrogens is 1. The molecule has 1 heterocycles. The zero-order valence-electron chi connectivity index (χ0n) is 18.8. The van der Waals surface area contributed by atoms with E-state index in [0.29, 0.717) is 13.0 Å². The Morgan fingerprint density at radius 2 is 1.66 bits per heavy atom. The summed E-state index contributed by atoms with van der Waals surface area (Å²) in [6.45, 7) is 6.97. The van der Waals surface area contributed by atoms with E-state index in [1.165, 1.54) is 17.7 Å². The lowest BCUT2D eigenvalue weighted by Gasteiger charge is -2.22. The van der Waals surface area contributed by atoms with Crippen molar-refractivity contribution in [2.75, 3.05) is 0 Å². The van der Waals surface area contributed by atoms with Gasteiger partial charge < -0.3 is 10.3 Å². The van der Waals surface area contributed by atoms with E-state index in [2.05, 4.69) is 61.4 Å². The first kappa shape index (κ1) is 21.8. The van der Waals surface area contributed by atoms with Gasteiger partial charge in [-0.05, 0) is 45.9 Å². The molecular formula is C28H29FN2O. The van der Waals surface area contributed by atoms with E-state index < -0.39 is 0 Å². The molecule has 4 aromatic rings. The van der Waals surface area contributed by atoms with E-state index in [4.69, 9.17) is 0 Å². The van der Waals surface area contributed by atoms with E-state index >= 15 is 0 Å². The van der Waals surface area contributed by atoms with Crippen LogP contribution in [0, 0.1) is 5.82 Å². The van der Waals surface area contributed by atoms with Crippen LogP contribution in [0.2, 0.25) is 0 Å². The zero-order chi connectivity index (χ0) is 22.7. The van der Waals surface area contributed by atoms with Gasteiger partial charge in [0, 0.05) is 36.0 Å². The third-order valence-electron chi connectivity index (χ3n) is 5.97. The van der Waals surface area contributed by atoms with Crippen molar-refractivity contribution in [2.24, 2.45) is 0 Å². The highest BCUT2D eigenvalue weighted by molar-refractivity contribution is 5.86. The second-order valence-electron chi connectivity index (χ2n) is 9.32. The molecule has 0 saturated carbocycles. The Morgan fingerprint density at radius 1 is 0.969 bits per heavy atom. The minimum atomic E-state index is -0.279. The molecular weight excluding hydrogens is 399 g/mol. The van der Waals surface area contributed by atoms with Gasteiger partial charge in [-0.2, -0.15) is 0 Å². The van der Waals surface area contributed by atoms with Crippen LogP contribution in [0.15, 0.2) is 79.0 Å². The number of H-pyrrole nitrogens is 1. The van der Waals surface area contributed by atoms with Crippen molar-refractivity contribution in [1.82, 2.24) is 10.3 Å². The molecule has 0 fully saturated rings. The maximum absolute atomic E-state index is 13.1. The molecule has 1 atom stereocenters. The minimum absolute atomic E-state index is 0.0375. The van der Waals surface area contributed by atoms with Gasteiger partial charge >= 0.3 is 0 Å². The predicted molar refractivity (Wildman–Crippen MR) is 128 cm³/mol. The van der Waals surface area contributed by atoms with Gasteiger partial charge in [0.2, 0.25) is 5.91 Å². The number of aromatic amines is 1. The van der Waals surface area contributed by atoms with E-state index in [1.807, 2.05) is 24.4 Å². The topological polar surface area (TPSA) is 44.9 Å². The molecule has 0 aliphatic heterocycles. The molecule has 32 heavy (non-hydrogen) atoms. The van der Waals surface area contributed by atoms with Crippen molar-refractivity contribution in [3.05, 3.63) is 107 Å². The van der Waals surface area contributed by atoms with Crippen LogP contribution in [0.4, 0.5) is 4.39 Å². The fraction of sp³-hybridized carbons (Fsp3) is 0.250. The van der Waals surface area contributed by atoms with Crippen molar-refractivity contribution in [1.29, 1.82) is 0 Å². The van der Waals surface area contributed by atoms with E-state index in [9.17, 15) is 9.18 Å². The molecule has 0 saturated heterocycles. The molecule has 0 bridgehead atoms. The van der Waals surface area contributed by atoms with Crippen molar-refractivity contribution in [3.63, 3.8) is 0 Å². The first-order valence-corrected chi connectivity index (χ1v) is 11.0. The number of carbonyl (C=O) groups is 1. The normalized spacial score (nSPS) is 12.6. The molecule has 2 N–H and O–H groups in total. The molecule has 0 radical (unpaired) electrons. The fourth-order valence-corrected chi connectivity index (χ4v) is 4.07. The number of fused-ring (bicyclic) bond motifs is 1. The van der Waals surface area contributed by atoms with Crippen molar-refractivity contribution in [3.8, 4) is 0 Å². The summed E-state index contributed by atoms with van der Waals surface area (Å²) in [4.78, 5) is 16.3. The van der Waals surface area contributed by atoms with Gasteiger partial charge in [-0.25, -0.2) is 4.39 Å². The molecule has 0 unspecified atom stereocenters. The summed E-state index contributed by atoms with van der Waals surface area (Å²) in [5, 5.41) is 4.12. The first-order chi connectivity index (χ1) is 15.3. The van der Waals surface area contributed by atoms with E-state index in [1.54, 1.807) is 12.1 Å². The van der Waals surface area contributed by atoms with Crippen molar-refractivity contribution in [2.45, 2.75) is 45.1 Å². The average molecular weight is 429 g/mol. The van der Waals surface area contributed by atoms with E-state index in [-0.39, 0.29) is 23.1 Å². The number of hydrogen-bond acceptors (Lipinski definition) is 1. The van der Waals surface area contributed by atoms with Gasteiger partial charge in [-0.15, -0.1) is 0 Å². The summed E-state index contributed by atoms with van der Waals surface area (Å²) in [6.07, 6.45) is 2.35. The molecule has 0 aliphatic rings. The Morgan fingerprint density at radius 3 is 2.34 bits per heavy atom. The Balaban J connectivity index is 1.60. The Hall–Kier alpha value is -3.40. The van der Waals surface area contributed by atoms with Crippen molar-refractivity contribution < 1.29 is 9.18 Å². The van der Waals surface area contributed by atoms with Gasteiger partial charge in [0.05, 0.1) is 0 Å². The molecule has 1 amide bonds. The summed E-state index contributed by atoms with van der Waals surface area (Å²) in [5.41, 5.74) is 5.49. The smallest absolute Gasteiger partial charge is 0.221 e. The summed E-state index contributed by atoms with van der Waals surface area (Å²) in [7, 11) is 0. The lowest BCUT2D eigenvalue weighted by molar-refractivity contribution is -0.121. The highest BCUT2D eigenvalue weighted by Gasteiger charge is 2.22. The number of nitrogens with one attached hydrogen (secondary N) is 2. The molecule has 3 nitrogen and oxygen atoms in total. The SMILES string of the molecule is CC(C)(C)c1ccc([C@@H](CC(=O)NCc2ccc(F)cc2)c2c[nH]c3ccccc23)cc1. The third-order valence-corrected chi connectivity index (χ3v) is 5.97. The summed E-state index contributed by atoms with van der Waals surface area (Å²) < 4.78 is 13.1. The summed E-state index contributed by atoms with van der Waals surface area (Å²) in [5.74, 6) is -0.393. The maximum Gasteiger partial charge on any atom is 0.221 e. The quantitative estimate of drug-likeness (QED) is 0.364. The van der Waals surface area contributed by atoms with Crippen LogP contribution < -0.4 is 5.32 Å². The number of amides is 1. The van der Waals surface area contributed by atoms with Crippen LogP contribution >= 0.6 is 0 Å². The van der Waals surface area contributed by atoms with Crippen LogP contribution in [0.3, 0.4) is 0 Å². The number of benzene rings is 3. The second kappa shape index (κ2) is 8.99. The van der Waals surface area contributed by atoms with Gasteiger partial charge in [0.1, 0.15) is 5.82 Å². The third kappa shape index (κ3) is 4.91. The number of para-hydroxylation sites is 1. The molecule has 4 heteroatoms. The highest BCUT2D eigenvalue weighted by Crippen LogP contribution is 2.34. The number of carbonyl (C=O) groups excluding carboxylic acids is 1.